The number of anilines is 1. The first kappa shape index (κ1) is 28.5. The summed E-state index contributed by atoms with van der Waals surface area (Å²) in [7, 11) is 3.16. The fourth-order valence-corrected chi connectivity index (χ4v) is 5.68. The van der Waals surface area contributed by atoms with Gasteiger partial charge in [-0.1, -0.05) is 36.6 Å². The largest absolute Gasteiger partial charge is 0.493 e. The van der Waals surface area contributed by atoms with Gasteiger partial charge < -0.3 is 24.0 Å². The van der Waals surface area contributed by atoms with Crippen molar-refractivity contribution in [2.24, 2.45) is 0 Å². The first-order chi connectivity index (χ1) is 20.0. The summed E-state index contributed by atoms with van der Waals surface area (Å²) in [6.45, 7) is 7.57. The normalized spacial score (nSPS) is 17.2. The van der Waals surface area contributed by atoms with Crippen LogP contribution in [0.3, 0.4) is 0 Å². The van der Waals surface area contributed by atoms with E-state index >= 15 is 0 Å². The number of likely N-dealkylation sites (N-methyl/N-ethyl adjacent to an activating group) is 1. The molecule has 0 aromatic heterocycles. The average Bonchev–Trinajstić information content (AvgIpc) is 3.28. The molecule has 2 aromatic carbocycles. The van der Waals surface area contributed by atoms with Crippen LogP contribution in [-0.4, -0.2) is 81.8 Å². The zero-order valence-corrected chi connectivity index (χ0v) is 24.0. The van der Waals surface area contributed by atoms with Crippen molar-refractivity contribution in [1.29, 1.82) is 0 Å². The molecule has 41 heavy (non-hydrogen) atoms. The summed E-state index contributed by atoms with van der Waals surface area (Å²) in [6.07, 6.45) is 6.84. The molecule has 8 nitrogen and oxygen atoms in total. The molecule has 1 aliphatic carbocycles. The molecule has 1 saturated heterocycles. The van der Waals surface area contributed by atoms with Gasteiger partial charge in [-0.15, -0.1) is 0 Å². The van der Waals surface area contributed by atoms with E-state index in [9.17, 15) is 9.59 Å². The minimum atomic E-state index is -0.493. The summed E-state index contributed by atoms with van der Waals surface area (Å²) in [5.74, 6) is 0.612. The number of piperazine rings is 1. The minimum Gasteiger partial charge on any atom is -0.493 e. The molecule has 0 saturated carbocycles. The SMILES string of the molecule is CCN1CCN(c2cccc3c2C(=O)N([C@H](CCCOCC2=C=C=CC=C2)c2ccc(OC)c(OC)c2)C3=O)CC1. The van der Waals surface area contributed by atoms with Crippen LogP contribution in [0.5, 0.6) is 11.5 Å². The molecule has 1 atom stereocenters. The summed E-state index contributed by atoms with van der Waals surface area (Å²) in [6, 6.07) is 10.7. The van der Waals surface area contributed by atoms with Gasteiger partial charge in [0, 0.05) is 38.4 Å². The molecular formula is C33H37N3O5. The van der Waals surface area contributed by atoms with Gasteiger partial charge in [-0.25, -0.2) is 0 Å². The molecule has 0 bridgehead atoms. The summed E-state index contributed by atoms with van der Waals surface area (Å²) >= 11 is 0. The second-order valence-electron chi connectivity index (χ2n) is 10.2. The Morgan fingerprint density at radius 2 is 1.78 bits per heavy atom. The van der Waals surface area contributed by atoms with Crippen molar-refractivity contribution in [3.63, 3.8) is 0 Å². The van der Waals surface area contributed by atoms with Crippen LogP contribution in [0, 0.1) is 0 Å². The summed E-state index contributed by atoms with van der Waals surface area (Å²) < 4.78 is 16.9. The van der Waals surface area contributed by atoms with E-state index in [0.29, 0.717) is 48.7 Å². The van der Waals surface area contributed by atoms with Crippen molar-refractivity contribution < 1.29 is 23.8 Å². The van der Waals surface area contributed by atoms with Crippen LogP contribution in [0.25, 0.3) is 0 Å². The quantitative estimate of drug-likeness (QED) is 0.212. The zero-order chi connectivity index (χ0) is 28.8. The smallest absolute Gasteiger partial charge is 0.264 e. The van der Waals surface area contributed by atoms with E-state index in [1.54, 1.807) is 26.4 Å². The van der Waals surface area contributed by atoms with Crippen LogP contribution in [-0.2, 0) is 4.74 Å². The molecule has 214 valence electrons. The Hall–Kier alpha value is -4.06. The van der Waals surface area contributed by atoms with Gasteiger partial charge in [-0.3, -0.25) is 14.5 Å². The second kappa shape index (κ2) is 13.1. The lowest BCUT2D eigenvalue weighted by molar-refractivity contribution is 0.0560. The van der Waals surface area contributed by atoms with E-state index in [-0.39, 0.29) is 11.8 Å². The van der Waals surface area contributed by atoms with Crippen LogP contribution in [0.4, 0.5) is 5.69 Å². The first-order valence-corrected chi connectivity index (χ1v) is 14.2. The summed E-state index contributed by atoms with van der Waals surface area (Å²) in [5.41, 5.74) is 9.51. The number of rotatable bonds is 12. The molecule has 2 aromatic rings. The van der Waals surface area contributed by atoms with Gasteiger partial charge in [-0.2, -0.15) is 0 Å². The number of methoxy groups -OCH3 is 2. The number of ether oxygens (including phenoxy) is 3. The number of carbonyl (C=O) groups is 2. The van der Waals surface area contributed by atoms with E-state index in [0.717, 1.165) is 49.5 Å². The van der Waals surface area contributed by atoms with Crippen LogP contribution >= 0.6 is 0 Å². The highest BCUT2D eigenvalue weighted by atomic mass is 16.5. The molecule has 5 rings (SSSR count). The van der Waals surface area contributed by atoms with Gasteiger partial charge in [0.2, 0.25) is 0 Å². The predicted molar refractivity (Wildman–Crippen MR) is 158 cm³/mol. The van der Waals surface area contributed by atoms with Crippen molar-refractivity contribution in [3.8, 4) is 11.5 Å². The van der Waals surface area contributed by atoms with Gasteiger partial charge in [-0.05, 0) is 61.4 Å². The molecular weight excluding hydrogens is 518 g/mol. The van der Waals surface area contributed by atoms with Crippen LogP contribution < -0.4 is 14.4 Å². The molecule has 2 amide bonds. The highest BCUT2D eigenvalue weighted by molar-refractivity contribution is 6.24. The van der Waals surface area contributed by atoms with Crippen molar-refractivity contribution in [1.82, 2.24) is 9.80 Å². The number of fused-ring (bicyclic) bond motifs is 1. The fourth-order valence-electron chi connectivity index (χ4n) is 5.68. The van der Waals surface area contributed by atoms with E-state index in [1.807, 2.05) is 42.5 Å². The van der Waals surface area contributed by atoms with E-state index < -0.39 is 6.04 Å². The molecule has 0 unspecified atom stereocenters. The Bertz CT molecular complexity index is 1430. The Morgan fingerprint density at radius 1 is 0.976 bits per heavy atom. The molecule has 1 fully saturated rings. The molecule has 2 heterocycles. The Labute approximate surface area is 241 Å². The highest BCUT2D eigenvalue weighted by Gasteiger charge is 2.43. The standard InChI is InChI=1S/C33H37N3O5/c1-4-34-17-19-35(20-18-34)28-13-8-12-26-31(28)33(38)36(32(26)37)27(25-15-16-29(39-2)30(22-25)40-3)14-9-21-41-23-24-10-6-5-7-11-24/h5-6,8,10,12-13,15-16,22,27H,4,9,14,17-21,23H2,1-3H3/t27-/m1/s1. The number of amides is 2. The number of hydrogen-bond donors (Lipinski definition) is 0. The van der Waals surface area contributed by atoms with Crippen LogP contribution in [0.2, 0.25) is 0 Å². The number of imide groups is 1. The maximum atomic E-state index is 14.1. The predicted octanol–water partition coefficient (Wildman–Crippen LogP) is 4.79. The number of nitrogens with zero attached hydrogens (tertiary/aromatic N) is 3. The topological polar surface area (TPSA) is 71.6 Å². The molecule has 2 aliphatic heterocycles. The van der Waals surface area contributed by atoms with E-state index in [4.69, 9.17) is 14.2 Å². The lowest BCUT2D eigenvalue weighted by atomic mass is 9.99. The van der Waals surface area contributed by atoms with Crippen molar-refractivity contribution in [2.45, 2.75) is 25.8 Å². The Balaban J connectivity index is 1.40. The Morgan fingerprint density at radius 3 is 2.49 bits per heavy atom. The van der Waals surface area contributed by atoms with Crippen molar-refractivity contribution in [3.05, 3.63) is 88.4 Å². The summed E-state index contributed by atoms with van der Waals surface area (Å²) in [5, 5.41) is 0. The van der Waals surface area contributed by atoms with E-state index in [1.165, 1.54) is 4.90 Å². The van der Waals surface area contributed by atoms with E-state index in [2.05, 4.69) is 28.2 Å². The van der Waals surface area contributed by atoms with Crippen LogP contribution in [0.15, 0.2) is 71.7 Å². The first-order valence-electron chi connectivity index (χ1n) is 14.2. The minimum absolute atomic E-state index is 0.256. The Kier molecular flexibility index (Phi) is 9.07. The fraction of sp³-hybridized carbons (Fsp3) is 0.394. The lowest BCUT2D eigenvalue weighted by Crippen LogP contribution is -2.46. The maximum Gasteiger partial charge on any atom is 0.264 e. The number of hydrogen-bond acceptors (Lipinski definition) is 7. The van der Waals surface area contributed by atoms with Gasteiger partial charge in [0.05, 0.1) is 43.7 Å². The molecule has 0 N–H and O–H groups in total. The second-order valence-corrected chi connectivity index (χ2v) is 10.2. The van der Waals surface area contributed by atoms with Crippen molar-refractivity contribution >= 4 is 17.5 Å². The van der Waals surface area contributed by atoms with Gasteiger partial charge in [0.15, 0.2) is 11.5 Å². The molecule has 8 heteroatoms. The number of allylic oxidation sites excluding steroid dienone is 2. The van der Waals surface area contributed by atoms with Crippen LogP contribution in [0.1, 0.15) is 52.1 Å². The average molecular weight is 556 g/mol. The molecule has 0 radical (unpaired) electrons. The highest BCUT2D eigenvalue weighted by Crippen LogP contribution is 2.40. The summed E-state index contributed by atoms with van der Waals surface area (Å²) in [4.78, 5) is 34.1. The monoisotopic (exact) mass is 555 g/mol. The van der Waals surface area contributed by atoms with Gasteiger partial charge >= 0.3 is 0 Å². The van der Waals surface area contributed by atoms with Gasteiger partial charge in [0.25, 0.3) is 11.8 Å². The molecule has 3 aliphatic rings. The lowest BCUT2D eigenvalue weighted by Gasteiger charge is -2.36. The third kappa shape index (κ3) is 6.02. The third-order valence-electron chi connectivity index (χ3n) is 7.92. The van der Waals surface area contributed by atoms with Crippen molar-refractivity contribution in [2.75, 3.05) is 65.1 Å². The zero-order valence-electron chi connectivity index (χ0n) is 24.0. The van der Waals surface area contributed by atoms with Gasteiger partial charge in [0.1, 0.15) is 0 Å². The number of benzene rings is 2. The third-order valence-corrected chi connectivity index (χ3v) is 7.92. The number of carbonyl (C=O) groups excluding carboxylic acids is 2. The maximum absolute atomic E-state index is 14.1. The molecule has 0 spiro atoms.